The van der Waals surface area contributed by atoms with Crippen LogP contribution < -0.4 is 32.7 Å². The van der Waals surface area contributed by atoms with Gasteiger partial charge in [-0.05, 0) is 60.4 Å². The van der Waals surface area contributed by atoms with Crippen molar-refractivity contribution in [3.8, 4) is 12.1 Å². The average Bonchev–Trinajstić information content (AvgIpc) is 3.17. The molecule has 0 spiro atoms. The van der Waals surface area contributed by atoms with Gasteiger partial charge in [-0.1, -0.05) is 84.2 Å². The highest BCUT2D eigenvalue weighted by Gasteiger charge is 2.21. The Morgan fingerprint density at radius 3 is 1.49 bits per heavy atom. The largest absolute Gasteiger partial charge is 0.370 e. The van der Waals surface area contributed by atoms with Crippen molar-refractivity contribution in [2.24, 2.45) is 31.4 Å². The van der Waals surface area contributed by atoms with E-state index in [-0.39, 0.29) is 41.7 Å². The molecular weight excluding hydrogens is 733 g/mol. The summed E-state index contributed by atoms with van der Waals surface area (Å²) in [6.07, 6.45) is -0.725. The van der Waals surface area contributed by atoms with Gasteiger partial charge in [0.2, 0.25) is 11.8 Å². The quantitative estimate of drug-likeness (QED) is 0.127. The monoisotopic (exact) mass is 768 g/mol. The molecule has 0 aliphatic carbocycles. The van der Waals surface area contributed by atoms with Crippen LogP contribution in [0.5, 0.6) is 0 Å². The van der Waals surface area contributed by atoms with Gasteiger partial charge in [-0.25, -0.2) is 20.0 Å². The maximum absolute atomic E-state index is 12.9. The number of aliphatic imine (C=N–C) groups is 4. The van der Waals surface area contributed by atoms with E-state index in [0.717, 1.165) is 22.3 Å². The number of aryl methyl sites for hydroxylation is 2. The summed E-state index contributed by atoms with van der Waals surface area (Å²) in [5.41, 5.74) is 18.9. The number of nitriles is 2. The van der Waals surface area contributed by atoms with E-state index in [1.54, 1.807) is 36.4 Å². The molecule has 16 heteroatoms. The van der Waals surface area contributed by atoms with Crippen LogP contribution in [0.15, 0.2) is 105 Å². The topological polar surface area (TPSA) is 231 Å². The van der Waals surface area contributed by atoms with E-state index in [2.05, 4.69) is 53.4 Å². The van der Waals surface area contributed by atoms with E-state index < -0.39 is 12.3 Å². The van der Waals surface area contributed by atoms with Crippen LogP contribution in [0.2, 0.25) is 0 Å². The number of rotatable bonds is 10. The van der Waals surface area contributed by atoms with Crippen molar-refractivity contribution in [2.45, 2.75) is 32.6 Å². The number of anilines is 2. The zero-order chi connectivity index (χ0) is 38.9. The molecule has 6 rings (SSSR count). The number of guanidine groups is 2. The van der Waals surface area contributed by atoms with Gasteiger partial charge in [-0.3, -0.25) is 9.59 Å². The molecule has 4 aromatic rings. The summed E-state index contributed by atoms with van der Waals surface area (Å²) < 4.78 is 0. The summed E-state index contributed by atoms with van der Waals surface area (Å²) in [4.78, 5) is 43.7. The first-order valence-corrected chi connectivity index (χ1v) is 18.9. The molecule has 276 valence electrons. The molecular formula is C39H36N12O2S2. The molecule has 8 N–H and O–H groups in total. The zero-order valence-electron chi connectivity index (χ0n) is 29.8. The molecule has 2 unspecified atom stereocenters. The van der Waals surface area contributed by atoms with E-state index in [1.165, 1.54) is 23.5 Å². The number of amidine groups is 2. The molecule has 0 saturated carbocycles. The molecule has 0 bridgehead atoms. The van der Waals surface area contributed by atoms with Crippen molar-refractivity contribution < 1.29 is 9.59 Å². The van der Waals surface area contributed by atoms with Crippen LogP contribution in [0.3, 0.4) is 0 Å². The van der Waals surface area contributed by atoms with Gasteiger partial charge < -0.3 is 32.7 Å². The Balaban J connectivity index is 1.03. The van der Waals surface area contributed by atoms with Crippen LogP contribution in [0.25, 0.3) is 0 Å². The fourth-order valence-corrected chi connectivity index (χ4v) is 7.14. The summed E-state index contributed by atoms with van der Waals surface area (Å²) in [6.45, 7) is 3.95. The van der Waals surface area contributed by atoms with E-state index in [4.69, 9.17) is 11.5 Å². The number of carbonyl (C=O) groups excluding carboxylic acids is 2. The van der Waals surface area contributed by atoms with E-state index in [1.807, 2.05) is 62.4 Å². The van der Waals surface area contributed by atoms with Crippen LogP contribution >= 0.6 is 23.5 Å². The number of nitrogens with zero attached hydrogens (tertiary/aromatic N) is 6. The van der Waals surface area contributed by atoms with Crippen molar-refractivity contribution >= 4 is 69.0 Å². The summed E-state index contributed by atoms with van der Waals surface area (Å²) >= 11 is 2.38. The van der Waals surface area contributed by atoms with Crippen molar-refractivity contribution in [2.75, 3.05) is 22.1 Å². The van der Waals surface area contributed by atoms with Gasteiger partial charge in [0.1, 0.15) is 0 Å². The van der Waals surface area contributed by atoms with Gasteiger partial charge >= 0.3 is 0 Å². The van der Waals surface area contributed by atoms with E-state index in [0.29, 0.717) is 44.0 Å². The Morgan fingerprint density at radius 2 is 1.09 bits per heavy atom. The Bertz CT molecular complexity index is 2200. The molecule has 0 saturated heterocycles. The third kappa shape index (κ3) is 9.88. The summed E-state index contributed by atoms with van der Waals surface area (Å²) in [6, 6.07) is 30.0. The van der Waals surface area contributed by atoms with Crippen molar-refractivity contribution in [3.05, 3.63) is 129 Å². The molecule has 2 heterocycles. The summed E-state index contributed by atoms with van der Waals surface area (Å²) in [5.74, 6) is -0.0799. The first-order valence-electron chi connectivity index (χ1n) is 17.0. The van der Waals surface area contributed by atoms with Crippen LogP contribution in [-0.4, -0.2) is 45.6 Å². The SMILES string of the molecule is Cc1ccccc1C1N=C(N)NC(SCC(=O)Nc2ccc(Cc3ccc(NC(=O)CSC4=NC(c5ccccc5C)N=C(N)N4)cc3C#N)c(C#N)c2)=N1. The van der Waals surface area contributed by atoms with Crippen LogP contribution in [0.4, 0.5) is 11.4 Å². The fourth-order valence-electron chi connectivity index (χ4n) is 5.76. The lowest BCUT2D eigenvalue weighted by Crippen LogP contribution is -2.39. The highest BCUT2D eigenvalue weighted by atomic mass is 32.2. The van der Waals surface area contributed by atoms with Gasteiger partial charge in [0, 0.05) is 28.9 Å². The number of nitrogens with one attached hydrogen (secondary N) is 4. The first-order chi connectivity index (χ1) is 26.6. The number of hydrogen-bond acceptors (Lipinski definition) is 14. The van der Waals surface area contributed by atoms with Crippen LogP contribution in [0.1, 0.15) is 56.8 Å². The number of hydrogen-bond donors (Lipinski definition) is 6. The lowest BCUT2D eigenvalue weighted by molar-refractivity contribution is -0.114. The highest BCUT2D eigenvalue weighted by Crippen LogP contribution is 2.28. The van der Waals surface area contributed by atoms with E-state index in [9.17, 15) is 20.1 Å². The number of amides is 2. The molecule has 2 amide bonds. The normalized spacial score (nSPS) is 16.1. The Kier molecular flexibility index (Phi) is 12.1. The standard InChI is InChI=1S/C39H36N12O2S2/c1-22-7-3-5-9-30(22)34-46-36(42)50-38(48-34)54-20-32(52)44-28-13-11-24(26(16-28)18-40)15-25-12-14-29(17-27(25)19-41)45-33(53)21-55-39-49-35(47-37(43)51-39)31-10-6-4-8-23(31)2/h3-14,16-17,34-35H,15,20-21H2,1-2H3,(H,44,52)(H,45,53)(H3,42,46,48,50)(H3,43,47,49,51). The summed E-state index contributed by atoms with van der Waals surface area (Å²) in [5, 5.41) is 32.3. The smallest absolute Gasteiger partial charge is 0.234 e. The minimum absolute atomic E-state index is 0.0416. The first kappa shape index (κ1) is 38.1. The van der Waals surface area contributed by atoms with Gasteiger partial charge in [-0.15, -0.1) is 0 Å². The molecule has 2 atom stereocenters. The van der Waals surface area contributed by atoms with Crippen LogP contribution in [0, 0.1) is 36.5 Å². The van der Waals surface area contributed by atoms with Crippen molar-refractivity contribution in [1.82, 2.24) is 10.6 Å². The van der Waals surface area contributed by atoms with Gasteiger partial charge in [0.05, 0.1) is 34.8 Å². The molecule has 0 radical (unpaired) electrons. The second kappa shape index (κ2) is 17.5. The Labute approximate surface area is 326 Å². The van der Waals surface area contributed by atoms with Gasteiger partial charge in [0.15, 0.2) is 34.6 Å². The predicted octanol–water partition coefficient (Wildman–Crippen LogP) is 4.93. The number of carbonyl (C=O) groups is 2. The minimum atomic E-state index is -0.505. The highest BCUT2D eigenvalue weighted by molar-refractivity contribution is 8.14. The lowest BCUT2D eigenvalue weighted by Gasteiger charge is -2.20. The number of nitrogens with two attached hydrogens (primary N) is 2. The van der Waals surface area contributed by atoms with Gasteiger partial charge in [0.25, 0.3) is 0 Å². The minimum Gasteiger partial charge on any atom is -0.370 e. The molecule has 4 aromatic carbocycles. The van der Waals surface area contributed by atoms with Crippen molar-refractivity contribution in [3.63, 3.8) is 0 Å². The number of benzene rings is 4. The molecule has 2 aliphatic heterocycles. The van der Waals surface area contributed by atoms with Crippen molar-refractivity contribution in [1.29, 1.82) is 10.5 Å². The second-order valence-electron chi connectivity index (χ2n) is 12.4. The molecule has 0 fully saturated rings. The number of thioether (sulfide) groups is 2. The predicted molar refractivity (Wildman–Crippen MR) is 220 cm³/mol. The lowest BCUT2D eigenvalue weighted by atomic mass is 9.96. The third-order valence-electron chi connectivity index (χ3n) is 8.49. The molecule has 2 aliphatic rings. The molecule has 0 aromatic heterocycles. The fraction of sp³-hybridized carbons (Fsp3) is 0.179. The second-order valence-corrected chi connectivity index (χ2v) is 14.4. The Hall–Kier alpha value is -6.62. The molecule has 55 heavy (non-hydrogen) atoms. The maximum Gasteiger partial charge on any atom is 0.234 e. The van der Waals surface area contributed by atoms with Crippen LogP contribution in [-0.2, 0) is 16.0 Å². The van der Waals surface area contributed by atoms with Gasteiger partial charge in [-0.2, -0.15) is 10.5 Å². The zero-order valence-corrected chi connectivity index (χ0v) is 31.5. The third-order valence-corrected chi connectivity index (χ3v) is 10.3. The summed E-state index contributed by atoms with van der Waals surface area (Å²) in [7, 11) is 0. The maximum atomic E-state index is 12.9. The Morgan fingerprint density at radius 1 is 0.673 bits per heavy atom. The molecule has 14 nitrogen and oxygen atoms in total. The average molecular weight is 769 g/mol. The van der Waals surface area contributed by atoms with E-state index >= 15 is 0 Å².